The van der Waals surface area contributed by atoms with E-state index in [2.05, 4.69) is 10.4 Å². The number of nitrogens with one attached hydrogen (secondary N) is 1. The van der Waals surface area contributed by atoms with Crippen molar-refractivity contribution < 1.29 is 14.3 Å². The van der Waals surface area contributed by atoms with Crippen molar-refractivity contribution in [2.45, 2.75) is 6.92 Å². The number of carbonyl (C=O) groups excluding carboxylic acids is 1. The predicted molar refractivity (Wildman–Crippen MR) is 75.4 cm³/mol. The zero-order valence-corrected chi connectivity index (χ0v) is 11.9. The van der Waals surface area contributed by atoms with E-state index in [-0.39, 0.29) is 5.91 Å². The number of carbonyl (C=O) groups is 1. The summed E-state index contributed by atoms with van der Waals surface area (Å²) >= 11 is 0. The van der Waals surface area contributed by atoms with Crippen LogP contribution in [0.1, 0.15) is 16.1 Å². The van der Waals surface area contributed by atoms with Gasteiger partial charge in [-0.25, -0.2) is 0 Å². The molecule has 2 aromatic rings. The number of hydrogen-bond donors (Lipinski definition) is 1. The van der Waals surface area contributed by atoms with Gasteiger partial charge >= 0.3 is 0 Å². The molecule has 106 valence electrons. The van der Waals surface area contributed by atoms with Gasteiger partial charge in [0.25, 0.3) is 5.91 Å². The van der Waals surface area contributed by atoms with Crippen molar-refractivity contribution in [3.8, 4) is 11.5 Å². The summed E-state index contributed by atoms with van der Waals surface area (Å²) in [6.45, 7) is 1.88. The molecule has 1 aromatic heterocycles. The number of aromatic nitrogens is 2. The molecule has 2 rings (SSSR count). The molecule has 6 heteroatoms. The van der Waals surface area contributed by atoms with Crippen LogP contribution in [0.2, 0.25) is 0 Å². The van der Waals surface area contributed by atoms with E-state index in [1.807, 2.05) is 14.0 Å². The highest BCUT2D eigenvalue weighted by atomic mass is 16.5. The molecule has 0 saturated heterocycles. The molecule has 0 radical (unpaired) electrons. The predicted octanol–water partition coefficient (Wildman–Crippen LogP) is 2.00. The van der Waals surface area contributed by atoms with Gasteiger partial charge in [0.05, 0.1) is 37.4 Å². The van der Waals surface area contributed by atoms with Crippen molar-refractivity contribution in [3.63, 3.8) is 0 Å². The molecule has 0 fully saturated rings. The Morgan fingerprint density at radius 3 is 2.60 bits per heavy atom. The lowest BCUT2D eigenvalue weighted by Crippen LogP contribution is -2.14. The van der Waals surface area contributed by atoms with E-state index in [9.17, 15) is 4.79 Å². The molecule has 0 atom stereocenters. The van der Waals surface area contributed by atoms with E-state index in [1.165, 1.54) is 14.2 Å². The second-order valence-corrected chi connectivity index (χ2v) is 4.26. The zero-order valence-electron chi connectivity index (χ0n) is 11.9. The van der Waals surface area contributed by atoms with E-state index >= 15 is 0 Å². The van der Waals surface area contributed by atoms with Gasteiger partial charge in [-0.3, -0.25) is 9.48 Å². The van der Waals surface area contributed by atoms with Gasteiger partial charge in [-0.15, -0.1) is 0 Å². The van der Waals surface area contributed by atoms with Crippen LogP contribution in [0.5, 0.6) is 11.5 Å². The van der Waals surface area contributed by atoms with E-state index < -0.39 is 0 Å². The molecule has 0 spiro atoms. The number of nitrogens with zero attached hydrogens (tertiary/aromatic N) is 2. The zero-order chi connectivity index (χ0) is 14.7. The first-order chi connectivity index (χ1) is 9.58. The number of amides is 1. The molecule has 0 unspecified atom stereocenters. The van der Waals surface area contributed by atoms with Crippen LogP contribution in [0.25, 0.3) is 0 Å². The number of hydrogen-bond acceptors (Lipinski definition) is 4. The maximum atomic E-state index is 12.3. The van der Waals surface area contributed by atoms with Crippen LogP contribution in [0.4, 0.5) is 5.69 Å². The first kappa shape index (κ1) is 13.9. The van der Waals surface area contributed by atoms with Crippen molar-refractivity contribution >= 4 is 11.6 Å². The third-order valence-corrected chi connectivity index (χ3v) is 3.13. The standard InChI is InChI=1S/C14H17N3O3/c1-9-11(8-15-17(9)2)16-14(18)10-6-5-7-12(19-3)13(10)20-4/h5-8H,1-4H3,(H,16,18). The van der Waals surface area contributed by atoms with Crippen LogP contribution in [-0.4, -0.2) is 29.9 Å². The smallest absolute Gasteiger partial charge is 0.259 e. The number of para-hydroxylation sites is 1. The minimum Gasteiger partial charge on any atom is -0.493 e. The number of ether oxygens (including phenoxy) is 2. The Bertz CT molecular complexity index is 635. The summed E-state index contributed by atoms with van der Waals surface area (Å²) in [5.74, 6) is 0.661. The maximum absolute atomic E-state index is 12.3. The largest absolute Gasteiger partial charge is 0.493 e. The molecule has 1 amide bonds. The minimum atomic E-state index is -0.267. The molecule has 0 saturated carbocycles. The highest BCUT2D eigenvalue weighted by Gasteiger charge is 2.17. The lowest BCUT2D eigenvalue weighted by Gasteiger charge is -2.12. The van der Waals surface area contributed by atoms with Crippen molar-refractivity contribution in [1.29, 1.82) is 0 Å². The van der Waals surface area contributed by atoms with E-state index in [1.54, 1.807) is 29.1 Å². The average molecular weight is 275 g/mol. The van der Waals surface area contributed by atoms with Gasteiger partial charge in [-0.2, -0.15) is 5.10 Å². The Hall–Kier alpha value is -2.50. The van der Waals surface area contributed by atoms with Gasteiger partial charge < -0.3 is 14.8 Å². The molecule has 1 heterocycles. The van der Waals surface area contributed by atoms with Crippen molar-refractivity contribution in [2.75, 3.05) is 19.5 Å². The third-order valence-electron chi connectivity index (χ3n) is 3.13. The van der Waals surface area contributed by atoms with Gasteiger partial charge in [0.2, 0.25) is 0 Å². The molecule has 6 nitrogen and oxygen atoms in total. The van der Waals surface area contributed by atoms with Crippen LogP contribution in [0.3, 0.4) is 0 Å². The van der Waals surface area contributed by atoms with Gasteiger partial charge in [0.1, 0.15) is 0 Å². The molecule has 20 heavy (non-hydrogen) atoms. The fourth-order valence-corrected chi connectivity index (χ4v) is 1.88. The maximum Gasteiger partial charge on any atom is 0.259 e. The summed E-state index contributed by atoms with van der Waals surface area (Å²) < 4.78 is 12.1. The number of benzene rings is 1. The molecule has 0 aliphatic heterocycles. The van der Waals surface area contributed by atoms with Crippen LogP contribution in [0, 0.1) is 6.92 Å². The number of aryl methyl sites for hydroxylation is 1. The fraction of sp³-hybridized carbons (Fsp3) is 0.286. The monoisotopic (exact) mass is 275 g/mol. The summed E-state index contributed by atoms with van der Waals surface area (Å²) in [5, 5.41) is 6.90. The van der Waals surface area contributed by atoms with Gasteiger partial charge in [-0.1, -0.05) is 6.07 Å². The Balaban J connectivity index is 2.32. The Labute approximate surface area is 117 Å². The topological polar surface area (TPSA) is 65.4 Å². The first-order valence-corrected chi connectivity index (χ1v) is 6.09. The third kappa shape index (κ3) is 2.45. The number of rotatable bonds is 4. The van der Waals surface area contributed by atoms with Gasteiger partial charge in [0, 0.05) is 7.05 Å². The molecular formula is C14H17N3O3. The molecular weight excluding hydrogens is 258 g/mol. The summed E-state index contributed by atoms with van der Waals surface area (Å²) in [7, 11) is 4.85. The lowest BCUT2D eigenvalue weighted by atomic mass is 10.1. The number of methoxy groups -OCH3 is 2. The van der Waals surface area contributed by atoms with Crippen molar-refractivity contribution in [1.82, 2.24) is 9.78 Å². The van der Waals surface area contributed by atoms with Crippen LogP contribution < -0.4 is 14.8 Å². The van der Waals surface area contributed by atoms with Crippen LogP contribution >= 0.6 is 0 Å². The Morgan fingerprint density at radius 2 is 2.05 bits per heavy atom. The fourth-order valence-electron chi connectivity index (χ4n) is 1.88. The Kier molecular flexibility index (Phi) is 3.93. The van der Waals surface area contributed by atoms with Gasteiger partial charge in [-0.05, 0) is 19.1 Å². The van der Waals surface area contributed by atoms with Crippen LogP contribution in [-0.2, 0) is 7.05 Å². The molecule has 0 bridgehead atoms. The van der Waals surface area contributed by atoms with Crippen molar-refractivity contribution in [2.24, 2.45) is 7.05 Å². The van der Waals surface area contributed by atoms with Crippen LogP contribution in [0.15, 0.2) is 24.4 Å². The quantitative estimate of drug-likeness (QED) is 0.926. The molecule has 1 N–H and O–H groups in total. The summed E-state index contributed by atoms with van der Waals surface area (Å²) in [6, 6.07) is 5.17. The molecule has 0 aliphatic carbocycles. The van der Waals surface area contributed by atoms with E-state index in [0.717, 1.165) is 5.69 Å². The second kappa shape index (κ2) is 5.64. The highest BCUT2D eigenvalue weighted by Crippen LogP contribution is 2.31. The lowest BCUT2D eigenvalue weighted by molar-refractivity contribution is 0.102. The van der Waals surface area contributed by atoms with E-state index in [0.29, 0.717) is 22.7 Å². The second-order valence-electron chi connectivity index (χ2n) is 4.26. The van der Waals surface area contributed by atoms with Gasteiger partial charge in [0.15, 0.2) is 11.5 Å². The Morgan fingerprint density at radius 1 is 1.30 bits per heavy atom. The minimum absolute atomic E-state index is 0.267. The molecule has 0 aliphatic rings. The SMILES string of the molecule is COc1cccc(C(=O)Nc2cnn(C)c2C)c1OC. The van der Waals surface area contributed by atoms with E-state index in [4.69, 9.17) is 9.47 Å². The normalized spacial score (nSPS) is 10.2. The number of anilines is 1. The summed E-state index contributed by atoms with van der Waals surface area (Å²) in [4.78, 5) is 12.3. The average Bonchev–Trinajstić information content (AvgIpc) is 2.78. The summed E-state index contributed by atoms with van der Waals surface area (Å²) in [6.07, 6.45) is 1.61. The first-order valence-electron chi connectivity index (χ1n) is 6.09. The summed E-state index contributed by atoms with van der Waals surface area (Å²) in [5.41, 5.74) is 1.96. The highest BCUT2D eigenvalue weighted by molar-refractivity contribution is 6.06. The molecule has 1 aromatic carbocycles. The van der Waals surface area contributed by atoms with Crippen molar-refractivity contribution in [3.05, 3.63) is 35.7 Å².